The van der Waals surface area contributed by atoms with Gasteiger partial charge in [0, 0.05) is 24.7 Å². The summed E-state index contributed by atoms with van der Waals surface area (Å²) in [6.45, 7) is 2.70. The van der Waals surface area contributed by atoms with Crippen molar-refractivity contribution in [2.24, 2.45) is 11.8 Å². The third-order valence-electron chi connectivity index (χ3n) is 5.00. The molecule has 0 bridgehead atoms. The van der Waals surface area contributed by atoms with Gasteiger partial charge < -0.3 is 10.2 Å². The Balaban J connectivity index is 1.61. The predicted octanol–water partition coefficient (Wildman–Crippen LogP) is 2.73. The van der Waals surface area contributed by atoms with Crippen LogP contribution in [-0.4, -0.2) is 24.4 Å². The molecule has 1 aromatic carbocycles. The molecule has 1 aliphatic heterocycles. The van der Waals surface area contributed by atoms with Crippen molar-refractivity contribution < 1.29 is 9.59 Å². The topological polar surface area (TPSA) is 49.4 Å². The molecule has 3 rings (SSSR count). The largest absolute Gasteiger partial charge is 0.353 e. The third-order valence-corrected chi connectivity index (χ3v) is 5.00. The Morgan fingerprint density at radius 1 is 1.18 bits per heavy atom. The van der Waals surface area contributed by atoms with Crippen molar-refractivity contribution in [2.45, 2.75) is 45.1 Å². The second-order valence-corrected chi connectivity index (χ2v) is 6.62. The number of nitrogens with one attached hydrogen (secondary N) is 1. The van der Waals surface area contributed by atoms with Gasteiger partial charge >= 0.3 is 0 Å². The minimum atomic E-state index is -0.221. The summed E-state index contributed by atoms with van der Waals surface area (Å²) < 4.78 is 0. The van der Waals surface area contributed by atoms with E-state index in [1.54, 1.807) is 4.90 Å². The molecule has 1 aliphatic carbocycles. The molecule has 4 nitrogen and oxygen atoms in total. The number of nitrogens with zero attached hydrogens (tertiary/aromatic N) is 1. The fourth-order valence-corrected chi connectivity index (χ4v) is 3.57. The van der Waals surface area contributed by atoms with Crippen LogP contribution < -0.4 is 10.2 Å². The van der Waals surface area contributed by atoms with Crippen LogP contribution in [0.25, 0.3) is 0 Å². The SMILES string of the molecule is C[C@@H]1CCCC[C@@H]1NC(=O)[C@H]1CC(=O)N(c2ccccc2)C1. The van der Waals surface area contributed by atoms with Gasteiger partial charge in [-0.2, -0.15) is 0 Å². The molecular weight excluding hydrogens is 276 g/mol. The maximum Gasteiger partial charge on any atom is 0.227 e. The first-order chi connectivity index (χ1) is 10.6. The van der Waals surface area contributed by atoms with Crippen LogP contribution in [0.15, 0.2) is 30.3 Å². The molecule has 2 fully saturated rings. The Bertz CT molecular complexity index is 543. The van der Waals surface area contributed by atoms with Crippen LogP contribution in [0.3, 0.4) is 0 Å². The third kappa shape index (κ3) is 3.16. The summed E-state index contributed by atoms with van der Waals surface area (Å²) in [5.41, 5.74) is 0.883. The number of anilines is 1. The highest BCUT2D eigenvalue weighted by Gasteiger charge is 2.36. The van der Waals surface area contributed by atoms with E-state index in [0.717, 1.165) is 12.1 Å². The van der Waals surface area contributed by atoms with Crippen LogP contribution >= 0.6 is 0 Å². The molecule has 3 atom stereocenters. The van der Waals surface area contributed by atoms with Crippen molar-refractivity contribution in [1.29, 1.82) is 0 Å². The van der Waals surface area contributed by atoms with E-state index in [-0.39, 0.29) is 23.8 Å². The molecule has 0 radical (unpaired) electrons. The summed E-state index contributed by atoms with van der Waals surface area (Å²) in [4.78, 5) is 26.4. The summed E-state index contributed by atoms with van der Waals surface area (Å²) in [5.74, 6) is 0.412. The first kappa shape index (κ1) is 15.1. The fourth-order valence-electron chi connectivity index (χ4n) is 3.57. The number of rotatable bonds is 3. The standard InChI is InChI=1S/C18H24N2O2/c1-13-7-5-6-10-16(13)19-18(22)14-11-17(21)20(12-14)15-8-3-2-4-9-15/h2-4,8-9,13-14,16H,5-7,10-12H2,1H3,(H,19,22)/t13-,14+,16+/m1/s1. The Morgan fingerprint density at radius 2 is 1.91 bits per heavy atom. The second kappa shape index (κ2) is 6.51. The Hall–Kier alpha value is -1.84. The van der Waals surface area contributed by atoms with E-state index in [1.807, 2.05) is 30.3 Å². The molecule has 1 aromatic rings. The minimum Gasteiger partial charge on any atom is -0.353 e. The molecule has 1 saturated carbocycles. The lowest BCUT2D eigenvalue weighted by Crippen LogP contribution is -2.44. The zero-order valence-electron chi connectivity index (χ0n) is 13.1. The molecule has 2 amide bonds. The van der Waals surface area contributed by atoms with Crippen molar-refractivity contribution in [2.75, 3.05) is 11.4 Å². The van der Waals surface area contributed by atoms with Gasteiger partial charge in [-0.1, -0.05) is 38.0 Å². The normalized spacial score (nSPS) is 28.7. The molecule has 0 unspecified atom stereocenters. The molecule has 4 heteroatoms. The number of carbonyl (C=O) groups is 2. The van der Waals surface area contributed by atoms with Gasteiger partial charge in [-0.25, -0.2) is 0 Å². The lowest BCUT2D eigenvalue weighted by Gasteiger charge is -2.30. The number of amides is 2. The molecule has 0 aromatic heterocycles. The zero-order valence-corrected chi connectivity index (χ0v) is 13.1. The highest BCUT2D eigenvalue weighted by atomic mass is 16.2. The molecule has 0 spiro atoms. The van der Waals surface area contributed by atoms with Gasteiger partial charge in [-0.15, -0.1) is 0 Å². The van der Waals surface area contributed by atoms with E-state index in [4.69, 9.17) is 0 Å². The van der Waals surface area contributed by atoms with Crippen LogP contribution in [0.5, 0.6) is 0 Å². The summed E-state index contributed by atoms with van der Waals surface area (Å²) in [7, 11) is 0. The minimum absolute atomic E-state index is 0.0445. The highest BCUT2D eigenvalue weighted by Crippen LogP contribution is 2.27. The van der Waals surface area contributed by atoms with Crippen molar-refractivity contribution in [3.63, 3.8) is 0 Å². The van der Waals surface area contributed by atoms with E-state index in [0.29, 0.717) is 18.9 Å². The summed E-state index contributed by atoms with van der Waals surface area (Å²) in [6, 6.07) is 9.88. The van der Waals surface area contributed by atoms with Crippen LogP contribution in [0.1, 0.15) is 39.0 Å². The maximum absolute atomic E-state index is 12.5. The second-order valence-electron chi connectivity index (χ2n) is 6.62. The van der Waals surface area contributed by atoms with Gasteiger partial charge in [-0.3, -0.25) is 9.59 Å². The van der Waals surface area contributed by atoms with Crippen molar-refractivity contribution in [3.8, 4) is 0 Å². The number of carbonyl (C=O) groups excluding carboxylic acids is 2. The number of para-hydroxylation sites is 1. The van der Waals surface area contributed by atoms with Gasteiger partial charge in [0.15, 0.2) is 0 Å². The lowest BCUT2D eigenvalue weighted by atomic mass is 9.85. The van der Waals surface area contributed by atoms with E-state index < -0.39 is 0 Å². The van der Waals surface area contributed by atoms with E-state index in [9.17, 15) is 9.59 Å². The monoisotopic (exact) mass is 300 g/mol. The summed E-state index contributed by atoms with van der Waals surface area (Å²) in [5, 5.41) is 3.19. The van der Waals surface area contributed by atoms with Gasteiger partial charge in [0.1, 0.15) is 0 Å². The number of hydrogen-bond donors (Lipinski definition) is 1. The van der Waals surface area contributed by atoms with E-state index in [1.165, 1.54) is 19.3 Å². The van der Waals surface area contributed by atoms with Crippen LogP contribution in [-0.2, 0) is 9.59 Å². The smallest absolute Gasteiger partial charge is 0.227 e. The fraction of sp³-hybridized carbons (Fsp3) is 0.556. The van der Waals surface area contributed by atoms with Crippen molar-refractivity contribution in [1.82, 2.24) is 5.32 Å². The molecular formula is C18H24N2O2. The Morgan fingerprint density at radius 3 is 2.64 bits per heavy atom. The lowest BCUT2D eigenvalue weighted by molar-refractivity contribution is -0.127. The molecule has 22 heavy (non-hydrogen) atoms. The number of benzene rings is 1. The quantitative estimate of drug-likeness (QED) is 0.933. The number of hydrogen-bond acceptors (Lipinski definition) is 2. The van der Waals surface area contributed by atoms with E-state index >= 15 is 0 Å². The van der Waals surface area contributed by atoms with Crippen molar-refractivity contribution in [3.05, 3.63) is 30.3 Å². The van der Waals surface area contributed by atoms with Gasteiger partial charge in [0.2, 0.25) is 11.8 Å². The highest BCUT2D eigenvalue weighted by molar-refractivity contribution is 6.00. The zero-order chi connectivity index (χ0) is 15.5. The molecule has 1 N–H and O–H groups in total. The summed E-state index contributed by atoms with van der Waals surface area (Å²) in [6.07, 6.45) is 5.02. The summed E-state index contributed by atoms with van der Waals surface area (Å²) >= 11 is 0. The van der Waals surface area contributed by atoms with Gasteiger partial charge in [-0.05, 0) is 30.9 Å². The molecule has 1 heterocycles. The van der Waals surface area contributed by atoms with E-state index in [2.05, 4.69) is 12.2 Å². The molecule has 2 aliphatic rings. The van der Waals surface area contributed by atoms with Crippen LogP contribution in [0.4, 0.5) is 5.69 Å². The van der Waals surface area contributed by atoms with Gasteiger partial charge in [0.25, 0.3) is 0 Å². The van der Waals surface area contributed by atoms with Gasteiger partial charge in [0.05, 0.1) is 5.92 Å². The average molecular weight is 300 g/mol. The molecule has 1 saturated heterocycles. The first-order valence-electron chi connectivity index (χ1n) is 8.31. The van der Waals surface area contributed by atoms with Crippen LogP contribution in [0, 0.1) is 11.8 Å². The Labute approximate surface area is 131 Å². The van der Waals surface area contributed by atoms with Crippen molar-refractivity contribution >= 4 is 17.5 Å². The Kier molecular flexibility index (Phi) is 4.46. The van der Waals surface area contributed by atoms with Crippen LogP contribution in [0.2, 0.25) is 0 Å². The average Bonchev–Trinajstić information content (AvgIpc) is 2.92. The molecule has 118 valence electrons. The predicted molar refractivity (Wildman–Crippen MR) is 86.5 cm³/mol. The maximum atomic E-state index is 12.5. The first-order valence-corrected chi connectivity index (χ1v) is 8.31.